The van der Waals surface area contributed by atoms with E-state index >= 15 is 0 Å². The number of hydrogen-bond donors (Lipinski definition) is 1. The summed E-state index contributed by atoms with van der Waals surface area (Å²) in [6.45, 7) is 6.33. The topological polar surface area (TPSA) is 52.3 Å². The summed E-state index contributed by atoms with van der Waals surface area (Å²) in [6.07, 6.45) is 0. The van der Waals surface area contributed by atoms with Gasteiger partial charge in [0.1, 0.15) is 0 Å². The highest BCUT2D eigenvalue weighted by Gasteiger charge is 2.17. The first-order chi connectivity index (χ1) is 8.45. The second-order valence-corrected chi connectivity index (χ2v) is 5.74. The van der Waals surface area contributed by atoms with Crippen molar-refractivity contribution in [3.8, 4) is 0 Å². The molecule has 1 aromatic rings. The zero-order chi connectivity index (χ0) is 13.7. The fourth-order valence-electron chi connectivity index (χ4n) is 1.37. The maximum Gasteiger partial charge on any atom is 0.339 e. The van der Waals surface area contributed by atoms with Crippen LogP contribution in [0.3, 0.4) is 0 Å². The molecule has 2 N–H and O–H groups in total. The van der Waals surface area contributed by atoms with Crippen LogP contribution in [0.25, 0.3) is 0 Å². The van der Waals surface area contributed by atoms with E-state index in [4.69, 9.17) is 22.1 Å². The van der Waals surface area contributed by atoms with Crippen LogP contribution in [-0.4, -0.2) is 18.3 Å². The van der Waals surface area contributed by atoms with Crippen LogP contribution in [0.15, 0.2) is 17.0 Å². The smallest absolute Gasteiger partial charge is 0.339 e. The zero-order valence-corrected chi connectivity index (χ0v) is 12.4. The van der Waals surface area contributed by atoms with Gasteiger partial charge in [-0.3, -0.25) is 0 Å². The van der Waals surface area contributed by atoms with Crippen molar-refractivity contribution in [3.05, 3.63) is 22.7 Å². The van der Waals surface area contributed by atoms with Gasteiger partial charge in [-0.2, -0.15) is 0 Å². The third kappa shape index (κ3) is 4.10. The molecule has 0 unspecified atom stereocenters. The number of carbonyl (C=O) groups excluding carboxylic acids is 1. The predicted molar refractivity (Wildman–Crippen MR) is 77.4 cm³/mol. The van der Waals surface area contributed by atoms with Gasteiger partial charge in [0.25, 0.3) is 0 Å². The Hall–Kier alpha value is -0.870. The van der Waals surface area contributed by atoms with Crippen molar-refractivity contribution >= 4 is 35.0 Å². The van der Waals surface area contributed by atoms with E-state index in [2.05, 4.69) is 13.8 Å². The molecule has 0 fully saturated rings. The van der Waals surface area contributed by atoms with E-state index in [1.807, 2.05) is 0 Å². The first-order valence-corrected chi connectivity index (χ1v) is 7.21. The van der Waals surface area contributed by atoms with E-state index in [1.54, 1.807) is 30.8 Å². The Morgan fingerprint density at radius 2 is 2.17 bits per heavy atom. The van der Waals surface area contributed by atoms with Crippen LogP contribution in [0, 0.1) is 5.92 Å². The lowest BCUT2D eigenvalue weighted by molar-refractivity contribution is 0.0522. The van der Waals surface area contributed by atoms with Gasteiger partial charge in [-0.05, 0) is 25.0 Å². The fraction of sp³-hybridized carbons (Fsp3) is 0.462. The molecule has 0 aromatic heterocycles. The number of rotatable bonds is 5. The van der Waals surface area contributed by atoms with Crippen molar-refractivity contribution in [3.63, 3.8) is 0 Å². The Balaban J connectivity index is 3.08. The van der Waals surface area contributed by atoms with Gasteiger partial charge in [0.2, 0.25) is 0 Å². The lowest BCUT2D eigenvalue weighted by Crippen LogP contribution is -2.08. The standard InChI is InChI=1S/C13H18ClNO2S/c1-4-17-13(16)10-5-9(15)6-11(14)12(10)18-7-8(2)3/h5-6,8H,4,7,15H2,1-3H3. The maximum atomic E-state index is 11.9. The first kappa shape index (κ1) is 15.2. The van der Waals surface area contributed by atoms with Gasteiger partial charge in [-0.1, -0.05) is 25.4 Å². The van der Waals surface area contributed by atoms with Crippen LogP contribution in [0.1, 0.15) is 31.1 Å². The molecule has 0 bridgehead atoms. The first-order valence-electron chi connectivity index (χ1n) is 5.84. The summed E-state index contributed by atoms with van der Waals surface area (Å²) in [5, 5.41) is 0.503. The molecule has 5 heteroatoms. The minimum absolute atomic E-state index is 0.333. The monoisotopic (exact) mass is 287 g/mol. The molecule has 0 aliphatic rings. The number of hydrogen-bond acceptors (Lipinski definition) is 4. The van der Waals surface area contributed by atoms with Gasteiger partial charge < -0.3 is 10.5 Å². The number of thioether (sulfide) groups is 1. The van der Waals surface area contributed by atoms with E-state index < -0.39 is 0 Å². The molecule has 1 rings (SSSR count). The van der Waals surface area contributed by atoms with E-state index in [0.717, 1.165) is 10.6 Å². The van der Waals surface area contributed by atoms with E-state index in [-0.39, 0.29) is 5.97 Å². The summed E-state index contributed by atoms with van der Waals surface area (Å²) in [7, 11) is 0. The summed E-state index contributed by atoms with van der Waals surface area (Å²) >= 11 is 7.71. The second-order valence-electron chi connectivity index (χ2n) is 4.30. The molecule has 0 radical (unpaired) electrons. The summed E-state index contributed by atoms with van der Waals surface area (Å²) in [6, 6.07) is 3.28. The van der Waals surface area contributed by atoms with Crippen LogP contribution < -0.4 is 5.73 Å². The van der Waals surface area contributed by atoms with Gasteiger partial charge in [-0.15, -0.1) is 11.8 Å². The Kier molecular flexibility index (Phi) is 5.82. The summed E-state index contributed by atoms with van der Waals surface area (Å²) < 4.78 is 5.02. The molecule has 0 saturated heterocycles. The molecule has 0 heterocycles. The summed E-state index contributed by atoms with van der Waals surface area (Å²) in [5.41, 5.74) is 6.64. The molecule has 0 atom stereocenters. The van der Waals surface area contributed by atoms with Crippen molar-refractivity contribution in [2.45, 2.75) is 25.7 Å². The Bertz CT molecular complexity index is 435. The predicted octanol–water partition coefficient (Wildman–Crippen LogP) is 3.85. The number of nitrogen functional groups attached to an aromatic ring is 1. The minimum Gasteiger partial charge on any atom is -0.462 e. The SMILES string of the molecule is CCOC(=O)c1cc(N)cc(Cl)c1SCC(C)C. The molecular formula is C13H18ClNO2S. The number of nitrogens with two attached hydrogens (primary N) is 1. The number of esters is 1. The van der Waals surface area contributed by atoms with Crippen LogP contribution in [0.4, 0.5) is 5.69 Å². The molecule has 0 aliphatic carbocycles. The maximum absolute atomic E-state index is 11.9. The second kappa shape index (κ2) is 6.90. The highest BCUT2D eigenvalue weighted by molar-refractivity contribution is 7.99. The van der Waals surface area contributed by atoms with Crippen LogP contribution in [0.5, 0.6) is 0 Å². The normalized spacial score (nSPS) is 10.7. The highest BCUT2D eigenvalue weighted by atomic mass is 35.5. The van der Waals surface area contributed by atoms with Crippen LogP contribution >= 0.6 is 23.4 Å². The third-order valence-corrected chi connectivity index (χ3v) is 4.09. The van der Waals surface area contributed by atoms with Gasteiger partial charge in [0.05, 0.1) is 17.2 Å². The highest BCUT2D eigenvalue weighted by Crippen LogP contribution is 2.34. The fourth-order valence-corrected chi connectivity index (χ4v) is 2.76. The van der Waals surface area contributed by atoms with Crippen LogP contribution in [0.2, 0.25) is 5.02 Å². The zero-order valence-electron chi connectivity index (χ0n) is 10.8. The Labute approximate surface area is 117 Å². The van der Waals surface area contributed by atoms with Crippen molar-refractivity contribution in [1.29, 1.82) is 0 Å². The van der Waals surface area contributed by atoms with Crippen molar-refractivity contribution < 1.29 is 9.53 Å². The minimum atomic E-state index is -0.377. The molecule has 0 saturated carbocycles. The van der Waals surface area contributed by atoms with E-state index in [9.17, 15) is 4.79 Å². The molecular weight excluding hydrogens is 270 g/mol. The molecule has 1 aromatic carbocycles. The molecule has 0 aliphatic heterocycles. The van der Waals surface area contributed by atoms with Gasteiger partial charge in [-0.25, -0.2) is 4.79 Å². The number of benzene rings is 1. The average Bonchev–Trinajstić information content (AvgIpc) is 2.26. The summed E-state index contributed by atoms with van der Waals surface area (Å²) in [5.74, 6) is 1.02. The Morgan fingerprint density at radius 3 is 2.72 bits per heavy atom. The van der Waals surface area contributed by atoms with Gasteiger partial charge in [0, 0.05) is 16.3 Å². The largest absolute Gasteiger partial charge is 0.462 e. The third-order valence-electron chi connectivity index (χ3n) is 2.12. The molecule has 0 spiro atoms. The lowest BCUT2D eigenvalue weighted by atomic mass is 10.2. The lowest BCUT2D eigenvalue weighted by Gasteiger charge is -2.12. The number of halogens is 1. The van der Waals surface area contributed by atoms with Gasteiger partial charge >= 0.3 is 5.97 Å². The average molecular weight is 288 g/mol. The van der Waals surface area contributed by atoms with Crippen molar-refractivity contribution in [1.82, 2.24) is 0 Å². The Morgan fingerprint density at radius 1 is 1.50 bits per heavy atom. The van der Waals surface area contributed by atoms with E-state index in [1.165, 1.54) is 0 Å². The molecule has 18 heavy (non-hydrogen) atoms. The molecule has 100 valence electrons. The molecule has 3 nitrogen and oxygen atoms in total. The van der Waals surface area contributed by atoms with E-state index in [0.29, 0.717) is 28.8 Å². The number of carbonyl (C=O) groups is 1. The quantitative estimate of drug-likeness (QED) is 0.508. The van der Waals surface area contributed by atoms with Crippen molar-refractivity contribution in [2.75, 3.05) is 18.1 Å². The van der Waals surface area contributed by atoms with Gasteiger partial charge in [0.15, 0.2) is 0 Å². The van der Waals surface area contributed by atoms with Crippen molar-refractivity contribution in [2.24, 2.45) is 5.92 Å². The summed E-state index contributed by atoms with van der Waals surface area (Å²) in [4.78, 5) is 12.6. The number of anilines is 1. The van der Waals surface area contributed by atoms with Crippen LogP contribution in [-0.2, 0) is 4.74 Å². The number of ether oxygens (including phenoxy) is 1. The molecule has 0 amide bonds.